The number of methoxy groups -OCH3 is 1. The predicted molar refractivity (Wildman–Crippen MR) is 97.1 cm³/mol. The molecule has 0 aliphatic rings. The van der Waals surface area contributed by atoms with Gasteiger partial charge in [0.25, 0.3) is 0 Å². The molecule has 25 heavy (non-hydrogen) atoms. The van der Waals surface area contributed by atoms with E-state index < -0.39 is 5.82 Å². The first-order valence-electron chi connectivity index (χ1n) is 8.10. The molecule has 0 radical (unpaired) electrons. The van der Waals surface area contributed by atoms with Crippen LogP contribution in [0.25, 0.3) is 27.5 Å². The summed E-state index contributed by atoms with van der Waals surface area (Å²) in [6.07, 6.45) is 0. The van der Waals surface area contributed by atoms with Crippen molar-refractivity contribution >= 4 is 21.8 Å². The van der Waals surface area contributed by atoms with Crippen molar-refractivity contribution in [3.05, 3.63) is 59.2 Å². The van der Waals surface area contributed by atoms with Crippen LogP contribution in [0.1, 0.15) is 17.0 Å². The molecule has 0 aliphatic carbocycles. The lowest BCUT2D eigenvalue weighted by atomic mass is 10.1. The second-order valence-electron chi connectivity index (χ2n) is 6.21. The lowest BCUT2D eigenvalue weighted by Gasteiger charge is -2.11. The van der Waals surface area contributed by atoms with Crippen LogP contribution in [0.5, 0.6) is 5.75 Å². The molecule has 0 aliphatic heterocycles. The molecule has 2 aromatic heterocycles. The van der Waals surface area contributed by atoms with Crippen LogP contribution in [0, 0.1) is 26.6 Å². The van der Waals surface area contributed by atoms with Crippen LogP contribution in [-0.2, 0) is 0 Å². The minimum absolute atomic E-state index is 0.203. The van der Waals surface area contributed by atoms with Crippen LogP contribution in [0.15, 0.2) is 36.4 Å². The van der Waals surface area contributed by atoms with E-state index >= 15 is 0 Å². The van der Waals surface area contributed by atoms with Crippen molar-refractivity contribution in [2.24, 2.45) is 0 Å². The summed E-state index contributed by atoms with van der Waals surface area (Å²) in [6, 6.07) is 11.2. The topological polar surface area (TPSA) is 39.9 Å². The molecule has 4 rings (SSSR count). The van der Waals surface area contributed by atoms with Gasteiger partial charge >= 0.3 is 0 Å². The summed E-state index contributed by atoms with van der Waals surface area (Å²) in [7, 11) is 1.47. The molecule has 0 atom stereocenters. The average molecular weight is 335 g/mol. The zero-order valence-electron chi connectivity index (χ0n) is 14.6. The maximum Gasteiger partial charge on any atom is 0.167 e. The molecule has 126 valence electrons. The second kappa shape index (κ2) is 5.55. The number of ether oxygens (including phenoxy) is 1. The molecule has 0 saturated heterocycles. The molecule has 0 unspecified atom stereocenters. The van der Waals surface area contributed by atoms with Gasteiger partial charge in [0.05, 0.1) is 29.5 Å². The third kappa shape index (κ3) is 2.27. The zero-order chi connectivity index (χ0) is 17.7. The van der Waals surface area contributed by atoms with Crippen molar-refractivity contribution in [2.75, 3.05) is 7.11 Å². The van der Waals surface area contributed by atoms with E-state index in [0.29, 0.717) is 5.52 Å². The van der Waals surface area contributed by atoms with Crippen LogP contribution in [0.4, 0.5) is 4.39 Å². The summed E-state index contributed by atoms with van der Waals surface area (Å²) in [5, 5.41) is 6.56. The van der Waals surface area contributed by atoms with Gasteiger partial charge in [0.15, 0.2) is 11.6 Å². The maximum atomic E-state index is 14.2. The van der Waals surface area contributed by atoms with Crippen LogP contribution in [-0.4, -0.2) is 21.9 Å². The summed E-state index contributed by atoms with van der Waals surface area (Å²) in [6.45, 7) is 5.95. The Balaban J connectivity index is 2.22. The summed E-state index contributed by atoms with van der Waals surface area (Å²) < 4.78 is 21.3. The van der Waals surface area contributed by atoms with E-state index in [2.05, 4.69) is 18.0 Å². The number of hydrogen-bond donors (Lipinski definition) is 0. The third-order valence-corrected chi connectivity index (χ3v) is 4.58. The molecule has 2 heterocycles. The molecule has 4 aromatic rings. The summed E-state index contributed by atoms with van der Waals surface area (Å²) in [5.41, 5.74) is 5.36. The molecule has 4 nitrogen and oxygen atoms in total. The summed E-state index contributed by atoms with van der Waals surface area (Å²) in [4.78, 5) is 4.58. The Morgan fingerprint density at radius 3 is 2.52 bits per heavy atom. The fourth-order valence-corrected chi connectivity index (χ4v) is 3.40. The molecule has 0 saturated carbocycles. The molecule has 2 aromatic carbocycles. The van der Waals surface area contributed by atoms with Gasteiger partial charge in [0, 0.05) is 22.5 Å². The molecule has 0 amide bonds. The second-order valence-corrected chi connectivity index (χ2v) is 6.21. The minimum atomic E-state index is -0.417. The monoisotopic (exact) mass is 335 g/mol. The van der Waals surface area contributed by atoms with E-state index in [-0.39, 0.29) is 5.75 Å². The molecule has 0 bridgehead atoms. The molecule has 0 N–H and O–H groups in total. The number of aromatic nitrogens is 3. The first kappa shape index (κ1) is 15.6. The smallest absolute Gasteiger partial charge is 0.167 e. The van der Waals surface area contributed by atoms with Gasteiger partial charge in [-0.25, -0.2) is 9.07 Å². The van der Waals surface area contributed by atoms with Crippen LogP contribution < -0.4 is 4.74 Å². The highest BCUT2D eigenvalue weighted by atomic mass is 19.1. The molecular weight excluding hydrogens is 317 g/mol. The van der Waals surface area contributed by atoms with Gasteiger partial charge in [-0.15, -0.1) is 0 Å². The maximum absolute atomic E-state index is 14.2. The fraction of sp³-hybridized carbons (Fsp3) is 0.200. The van der Waals surface area contributed by atoms with Gasteiger partial charge in [-0.1, -0.05) is 18.2 Å². The lowest BCUT2D eigenvalue weighted by Crippen LogP contribution is -2.00. The number of para-hydroxylation sites is 1. The standard InChI is InChI=1S/C20H18FN3O/c1-11-7-5-6-8-17(11)24-20-14-9-18(25-4)15(21)10-16(14)22-12(2)19(20)13(3)23-24/h5-10H,1-4H3. The average Bonchev–Trinajstić information content (AvgIpc) is 2.93. The number of aryl methyl sites for hydroxylation is 3. The highest BCUT2D eigenvalue weighted by molar-refractivity contribution is 6.06. The molecule has 0 fully saturated rings. The Labute approximate surface area is 144 Å². The van der Waals surface area contributed by atoms with E-state index in [9.17, 15) is 4.39 Å². The number of hydrogen-bond acceptors (Lipinski definition) is 3. The van der Waals surface area contributed by atoms with Crippen molar-refractivity contribution in [1.29, 1.82) is 0 Å². The number of pyridine rings is 1. The molecule has 0 spiro atoms. The number of rotatable bonds is 2. The van der Waals surface area contributed by atoms with Gasteiger partial charge < -0.3 is 4.74 Å². The SMILES string of the molecule is COc1cc2c(cc1F)nc(C)c1c(C)nn(-c3ccccc3C)c12. The number of halogens is 1. The zero-order valence-corrected chi connectivity index (χ0v) is 14.6. The highest BCUT2D eigenvalue weighted by Crippen LogP contribution is 2.34. The normalized spacial score (nSPS) is 11.4. The highest BCUT2D eigenvalue weighted by Gasteiger charge is 2.18. The molecular formula is C20H18FN3O. The Hall–Kier alpha value is -2.95. The van der Waals surface area contributed by atoms with E-state index in [1.54, 1.807) is 6.07 Å². The number of nitrogens with zero attached hydrogens (tertiary/aromatic N) is 3. The van der Waals surface area contributed by atoms with Gasteiger partial charge in [-0.2, -0.15) is 5.10 Å². The van der Waals surface area contributed by atoms with Crippen molar-refractivity contribution in [2.45, 2.75) is 20.8 Å². The summed E-state index contributed by atoms with van der Waals surface area (Å²) >= 11 is 0. The first-order chi connectivity index (χ1) is 12.0. The Morgan fingerprint density at radius 2 is 1.80 bits per heavy atom. The minimum Gasteiger partial charge on any atom is -0.494 e. The van der Waals surface area contributed by atoms with Crippen molar-refractivity contribution in [3.63, 3.8) is 0 Å². The van der Waals surface area contributed by atoms with Gasteiger partial charge in [0.1, 0.15) is 0 Å². The van der Waals surface area contributed by atoms with Crippen molar-refractivity contribution in [3.8, 4) is 11.4 Å². The van der Waals surface area contributed by atoms with Gasteiger partial charge in [0.2, 0.25) is 0 Å². The number of benzene rings is 2. The third-order valence-electron chi connectivity index (χ3n) is 4.58. The van der Waals surface area contributed by atoms with Gasteiger partial charge in [-0.05, 0) is 38.5 Å². The van der Waals surface area contributed by atoms with Crippen LogP contribution in [0.2, 0.25) is 0 Å². The first-order valence-corrected chi connectivity index (χ1v) is 8.10. The Bertz CT molecular complexity index is 1130. The Kier molecular flexibility index (Phi) is 3.46. The van der Waals surface area contributed by atoms with Crippen molar-refractivity contribution in [1.82, 2.24) is 14.8 Å². The van der Waals surface area contributed by atoms with E-state index in [1.807, 2.05) is 36.7 Å². The van der Waals surface area contributed by atoms with Crippen LogP contribution in [0.3, 0.4) is 0 Å². The predicted octanol–water partition coefficient (Wildman–Crippen LogP) is 4.65. The molecule has 5 heteroatoms. The van der Waals surface area contributed by atoms with E-state index in [4.69, 9.17) is 9.84 Å². The Morgan fingerprint density at radius 1 is 1.04 bits per heavy atom. The quantitative estimate of drug-likeness (QED) is 0.535. The largest absolute Gasteiger partial charge is 0.494 e. The van der Waals surface area contributed by atoms with E-state index in [1.165, 1.54) is 13.2 Å². The van der Waals surface area contributed by atoms with Crippen molar-refractivity contribution < 1.29 is 9.13 Å². The lowest BCUT2D eigenvalue weighted by molar-refractivity contribution is 0.387. The van der Waals surface area contributed by atoms with Gasteiger partial charge in [-0.3, -0.25) is 4.98 Å². The number of fused-ring (bicyclic) bond motifs is 3. The van der Waals surface area contributed by atoms with E-state index in [0.717, 1.165) is 38.9 Å². The van der Waals surface area contributed by atoms with Crippen LogP contribution >= 0.6 is 0 Å². The fourth-order valence-electron chi connectivity index (χ4n) is 3.40. The summed E-state index contributed by atoms with van der Waals surface area (Å²) in [5.74, 6) is -0.213.